The summed E-state index contributed by atoms with van der Waals surface area (Å²) in [5.41, 5.74) is 1.75. The minimum atomic E-state index is -0.927. The first-order valence-electron chi connectivity index (χ1n) is 8.78. The van der Waals surface area contributed by atoms with Crippen molar-refractivity contribution in [3.05, 3.63) is 70.7 Å². The minimum Gasteiger partial charge on any atom is -0.448 e. The number of halogens is 1. The number of benzene rings is 2. The van der Waals surface area contributed by atoms with Crippen LogP contribution in [0.4, 0.5) is 5.69 Å². The number of ether oxygens (including phenoxy) is 1. The number of para-hydroxylation sites is 1. The third-order valence-corrected chi connectivity index (χ3v) is 5.19. The highest BCUT2D eigenvalue weighted by Crippen LogP contribution is 2.26. The Bertz CT molecular complexity index is 975. The van der Waals surface area contributed by atoms with Crippen LogP contribution >= 0.6 is 22.9 Å². The van der Waals surface area contributed by atoms with Crippen molar-refractivity contribution in [2.45, 2.75) is 20.0 Å². The minimum absolute atomic E-state index is 0.169. The van der Waals surface area contributed by atoms with Crippen LogP contribution in [0.2, 0.25) is 5.02 Å². The fraction of sp³-hybridized carbons (Fsp3) is 0.190. The predicted octanol–water partition coefficient (Wildman–Crippen LogP) is 5.06. The van der Waals surface area contributed by atoms with Crippen LogP contribution in [0.3, 0.4) is 0 Å². The third kappa shape index (κ3) is 4.58. The van der Waals surface area contributed by atoms with Gasteiger partial charge in [-0.25, -0.2) is 9.78 Å². The average molecular weight is 415 g/mol. The molecule has 28 heavy (non-hydrogen) atoms. The van der Waals surface area contributed by atoms with Crippen LogP contribution in [0, 0.1) is 0 Å². The zero-order chi connectivity index (χ0) is 20.1. The van der Waals surface area contributed by atoms with Crippen LogP contribution < -0.4 is 4.90 Å². The largest absolute Gasteiger partial charge is 0.448 e. The number of aromatic nitrogens is 1. The quantitative estimate of drug-likeness (QED) is 0.529. The van der Waals surface area contributed by atoms with Crippen LogP contribution in [-0.2, 0) is 9.53 Å². The van der Waals surface area contributed by atoms with Crippen LogP contribution in [0.25, 0.3) is 10.6 Å². The lowest BCUT2D eigenvalue weighted by Crippen LogP contribution is -2.40. The summed E-state index contributed by atoms with van der Waals surface area (Å²) in [5.74, 6) is -0.915. The van der Waals surface area contributed by atoms with E-state index in [4.69, 9.17) is 16.3 Å². The first kappa shape index (κ1) is 20.0. The Kier molecular flexibility index (Phi) is 6.44. The molecule has 1 aromatic heterocycles. The van der Waals surface area contributed by atoms with Crippen molar-refractivity contribution in [1.82, 2.24) is 4.98 Å². The van der Waals surface area contributed by atoms with E-state index in [9.17, 15) is 9.59 Å². The first-order chi connectivity index (χ1) is 13.5. The molecule has 0 unspecified atom stereocenters. The summed E-state index contributed by atoms with van der Waals surface area (Å²) in [7, 11) is 0. The summed E-state index contributed by atoms with van der Waals surface area (Å²) >= 11 is 7.32. The van der Waals surface area contributed by atoms with Gasteiger partial charge in [0.05, 0.1) is 0 Å². The normalized spacial score (nSPS) is 11.7. The molecule has 5 nitrogen and oxygen atoms in total. The van der Waals surface area contributed by atoms with Gasteiger partial charge in [-0.05, 0) is 38.1 Å². The van der Waals surface area contributed by atoms with Crippen LogP contribution in [0.5, 0.6) is 0 Å². The number of hydrogen-bond donors (Lipinski definition) is 0. The average Bonchev–Trinajstić information content (AvgIpc) is 3.20. The second-order valence-electron chi connectivity index (χ2n) is 6.01. The van der Waals surface area contributed by atoms with Gasteiger partial charge in [-0.15, -0.1) is 11.3 Å². The molecular formula is C21H19ClN2O3S. The highest BCUT2D eigenvalue weighted by molar-refractivity contribution is 7.13. The van der Waals surface area contributed by atoms with Gasteiger partial charge in [-0.1, -0.05) is 41.9 Å². The van der Waals surface area contributed by atoms with Crippen LogP contribution in [0.15, 0.2) is 60.0 Å². The molecule has 7 heteroatoms. The van der Waals surface area contributed by atoms with Crippen molar-refractivity contribution in [3.63, 3.8) is 0 Å². The molecule has 1 heterocycles. The Labute approximate surface area is 172 Å². The molecule has 0 aliphatic rings. The molecule has 0 aliphatic carbocycles. The molecular weight excluding hydrogens is 396 g/mol. The van der Waals surface area contributed by atoms with Gasteiger partial charge in [-0.3, -0.25) is 4.79 Å². The second kappa shape index (κ2) is 8.99. The number of rotatable bonds is 6. The van der Waals surface area contributed by atoms with E-state index in [0.29, 0.717) is 16.6 Å². The topological polar surface area (TPSA) is 59.5 Å². The van der Waals surface area contributed by atoms with Gasteiger partial charge in [0.1, 0.15) is 5.01 Å². The number of nitrogens with zero attached hydrogens (tertiary/aromatic N) is 2. The number of hydrogen-bond acceptors (Lipinski definition) is 5. The van der Waals surface area contributed by atoms with E-state index in [-0.39, 0.29) is 11.6 Å². The third-order valence-electron chi connectivity index (χ3n) is 4.07. The summed E-state index contributed by atoms with van der Waals surface area (Å²) < 4.78 is 5.36. The molecule has 0 saturated heterocycles. The predicted molar refractivity (Wildman–Crippen MR) is 112 cm³/mol. The molecule has 3 rings (SSSR count). The summed E-state index contributed by atoms with van der Waals surface area (Å²) in [5, 5.41) is 2.87. The monoisotopic (exact) mass is 414 g/mol. The number of amides is 1. The van der Waals surface area contributed by atoms with E-state index in [2.05, 4.69) is 4.98 Å². The zero-order valence-electron chi connectivity index (χ0n) is 15.5. The van der Waals surface area contributed by atoms with Crippen molar-refractivity contribution in [3.8, 4) is 10.6 Å². The molecule has 0 bridgehead atoms. The van der Waals surface area contributed by atoms with Gasteiger partial charge in [0, 0.05) is 28.2 Å². The molecule has 0 fully saturated rings. The van der Waals surface area contributed by atoms with E-state index in [0.717, 1.165) is 11.3 Å². The number of anilines is 1. The van der Waals surface area contributed by atoms with E-state index < -0.39 is 12.1 Å². The molecule has 3 aromatic rings. The lowest BCUT2D eigenvalue weighted by molar-refractivity contribution is -0.126. The SMILES string of the molecule is CCN(C(=O)[C@@H](C)OC(=O)c1csc(-c2cccc(Cl)c2)n1)c1ccccc1. The molecule has 1 atom stereocenters. The van der Waals surface area contributed by atoms with E-state index in [1.807, 2.05) is 49.4 Å². The maximum atomic E-state index is 12.7. The fourth-order valence-electron chi connectivity index (χ4n) is 2.69. The zero-order valence-corrected chi connectivity index (χ0v) is 17.0. The molecule has 0 saturated carbocycles. The molecule has 2 aromatic carbocycles. The van der Waals surface area contributed by atoms with Gasteiger partial charge in [0.15, 0.2) is 11.8 Å². The van der Waals surface area contributed by atoms with E-state index in [1.54, 1.807) is 29.3 Å². The summed E-state index contributed by atoms with van der Waals surface area (Å²) in [4.78, 5) is 31.1. The standard InChI is InChI=1S/C21H19ClN2O3S/c1-3-24(17-10-5-4-6-11-17)20(25)14(2)27-21(26)18-13-28-19(23-18)15-8-7-9-16(22)12-15/h4-14H,3H2,1-2H3/t14-/m1/s1. The summed E-state index contributed by atoms with van der Waals surface area (Å²) in [6.07, 6.45) is -0.927. The van der Waals surface area contributed by atoms with E-state index >= 15 is 0 Å². The number of thiazole rings is 1. The molecule has 0 N–H and O–H groups in total. The maximum absolute atomic E-state index is 12.7. The number of carbonyl (C=O) groups excluding carboxylic acids is 2. The number of esters is 1. The van der Waals surface area contributed by atoms with Crippen molar-refractivity contribution >= 4 is 40.5 Å². The van der Waals surface area contributed by atoms with Gasteiger partial charge in [-0.2, -0.15) is 0 Å². The Balaban J connectivity index is 1.69. The Hall–Kier alpha value is -2.70. The van der Waals surface area contributed by atoms with Crippen molar-refractivity contribution in [1.29, 1.82) is 0 Å². The van der Waals surface area contributed by atoms with Crippen molar-refractivity contribution < 1.29 is 14.3 Å². The van der Waals surface area contributed by atoms with Crippen molar-refractivity contribution in [2.24, 2.45) is 0 Å². The Morgan fingerprint density at radius 2 is 1.93 bits per heavy atom. The maximum Gasteiger partial charge on any atom is 0.358 e. The molecule has 0 radical (unpaired) electrons. The molecule has 0 spiro atoms. The highest BCUT2D eigenvalue weighted by atomic mass is 35.5. The lowest BCUT2D eigenvalue weighted by Gasteiger charge is -2.24. The number of likely N-dealkylation sites (N-methyl/N-ethyl adjacent to an activating group) is 1. The highest BCUT2D eigenvalue weighted by Gasteiger charge is 2.25. The second-order valence-corrected chi connectivity index (χ2v) is 7.31. The molecule has 144 valence electrons. The first-order valence-corrected chi connectivity index (χ1v) is 10.0. The van der Waals surface area contributed by atoms with Crippen molar-refractivity contribution in [2.75, 3.05) is 11.4 Å². The molecule has 1 amide bonds. The van der Waals surface area contributed by atoms with E-state index in [1.165, 1.54) is 11.3 Å². The molecule has 0 aliphatic heterocycles. The Morgan fingerprint density at radius 1 is 1.18 bits per heavy atom. The lowest BCUT2D eigenvalue weighted by atomic mass is 10.2. The van der Waals surface area contributed by atoms with Gasteiger partial charge in [0.2, 0.25) is 0 Å². The number of carbonyl (C=O) groups is 2. The smallest absolute Gasteiger partial charge is 0.358 e. The Morgan fingerprint density at radius 3 is 2.61 bits per heavy atom. The van der Waals surface area contributed by atoms with Crippen LogP contribution in [-0.4, -0.2) is 29.5 Å². The fourth-order valence-corrected chi connectivity index (χ4v) is 3.66. The van der Waals surface area contributed by atoms with Gasteiger partial charge in [0.25, 0.3) is 5.91 Å². The summed E-state index contributed by atoms with van der Waals surface area (Å²) in [6, 6.07) is 16.5. The van der Waals surface area contributed by atoms with Crippen LogP contribution in [0.1, 0.15) is 24.3 Å². The summed E-state index contributed by atoms with van der Waals surface area (Å²) in [6.45, 7) is 3.91. The van der Waals surface area contributed by atoms with Gasteiger partial charge < -0.3 is 9.64 Å². The van der Waals surface area contributed by atoms with Gasteiger partial charge >= 0.3 is 5.97 Å².